The third kappa shape index (κ3) is 23.6. The van der Waals surface area contributed by atoms with Gasteiger partial charge in [0.2, 0.25) is 59.1 Å². The van der Waals surface area contributed by atoms with Gasteiger partial charge in [0.25, 0.3) is 0 Å². The summed E-state index contributed by atoms with van der Waals surface area (Å²) in [4.78, 5) is 159. The lowest BCUT2D eigenvalue weighted by atomic mass is 9.95. The minimum absolute atomic E-state index is 0.0674. The zero-order valence-electron chi connectivity index (χ0n) is 50.5. The Morgan fingerprint density at radius 1 is 0.512 bits per heavy atom. The summed E-state index contributed by atoms with van der Waals surface area (Å²) in [6.07, 6.45) is 1.05. The molecule has 27 nitrogen and oxygen atoms in total. The van der Waals surface area contributed by atoms with E-state index in [1.807, 2.05) is 0 Å². The summed E-state index contributed by atoms with van der Waals surface area (Å²) >= 11 is 0. The number of carbonyl (C=O) groups excluding carboxylic acids is 10. The molecule has 474 valence electrons. The highest BCUT2D eigenvalue weighted by Gasteiger charge is 2.38. The molecule has 0 aliphatic carbocycles. The number of carboxylic acids is 1. The quantitative estimate of drug-likeness (QED) is 0.0296. The number of nitrogens with two attached hydrogens (primary N) is 3. The van der Waals surface area contributed by atoms with Crippen molar-refractivity contribution >= 4 is 65.0 Å². The largest absolute Gasteiger partial charge is 0.480 e. The molecule has 0 bridgehead atoms. The van der Waals surface area contributed by atoms with Gasteiger partial charge >= 0.3 is 5.97 Å². The van der Waals surface area contributed by atoms with Crippen molar-refractivity contribution in [2.24, 2.45) is 40.9 Å². The molecular weight excluding hydrogens is 1110 g/mol. The van der Waals surface area contributed by atoms with Gasteiger partial charge in [-0.3, -0.25) is 47.9 Å². The summed E-state index contributed by atoms with van der Waals surface area (Å²) in [5, 5.41) is 43.1. The third-order valence-corrected chi connectivity index (χ3v) is 14.4. The fourth-order valence-electron chi connectivity index (χ4n) is 8.92. The van der Waals surface area contributed by atoms with E-state index in [-0.39, 0.29) is 44.6 Å². The van der Waals surface area contributed by atoms with Crippen LogP contribution in [-0.2, 0) is 72.0 Å². The first-order valence-corrected chi connectivity index (χ1v) is 29.0. The van der Waals surface area contributed by atoms with Gasteiger partial charge in [0.1, 0.15) is 48.3 Å². The van der Waals surface area contributed by atoms with Crippen LogP contribution in [0.2, 0.25) is 0 Å². The number of imidazole rings is 1. The van der Waals surface area contributed by atoms with Crippen molar-refractivity contribution in [3.8, 4) is 0 Å². The minimum Gasteiger partial charge on any atom is -0.480 e. The van der Waals surface area contributed by atoms with E-state index in [4.69, 9.17) is 17.2 Å². The maximum atomic E-state index is 14.8. The van der Waals surface area contributed by atoms with Crippen LogP contribution in [0.15, 0.2) is 73.2 Å². The van der Waals surface area contributed by atoms with E-state index >= 15 is 0 Å². The van der Waals surface area contributed by atoms with Gasteiger partial charge in [0.15, 0.2) is 6.04 Å². The first kappa shape index (κ1) is 72.0. The van der Waals surface area contributed by atoms with Crippen LogP contribution >= 0.6 is 0 Å². The maximum absolute atomic E-state index is 14.8. The smallest absolute Gasteiger partial charge is 0.328 e. The number of H-pyrrole nitrogens is 1. The molecule has 2 aromatic carbocycles. The molecule has 0 spiro atoms. The summed E-state index contributed by atoms with van der Waals surface area (Å²) in [6.45, 7) is 14.8. The molecule has 0 unspecified atom stereocenters. The van der Waals surface area contributed by atoms with Crippen molar-refractivity contribution in [3.63, 3.8) is 0 Å². The molecule has 3 aromatic rings. The molecule has 12 atom stereocenters. The lowest BCUT2D eigenvalue weighted by molar-refractivity contribution is -0.145. The number of nitrogens with zero attached hydrogens (tertiary/aromatic N) is 1. The number of rotatable bonds is 37. The van der Waals surface area contributed by atoms with Crippen LogP contribution in [0.4, 0.5) is 0 Å². The summed E-state index contributed by atoms with van der Waals surface area (Å²) in [7, 11) is 0. The van der Waals surface area contributed by atoms with Crippen LogP contribution in [0.1, 0.15) is 111 Å². The molecule has 0 radical (unpaired) electrons. The van der Waals surface area contributed by atoms with Gasteiger partial charge < -0.3 is 80.2 Å². The SMILES string of the molecule is CC[C@H](C)[C@H](NC(=O)[C@H](CC(N)=O)NC(=O)[C@H](CCCCN)NC(=O)[C@H](Cc1ccccc1)NC(=O)[C@H](Cc1ccccc1)NC(=O)[C@H](Cc1cnc[nH]1)NC(=O)[C@@H](NC(=O)[C@@H](N)C(C)C)C(C)C)C(=O)N[C@H](C(=O)N[C@H](C(=O)O)[C@@H](C)O)C(C)C. The number of unbranched alkanes of at least 4 members (excludes halogenated alkanes) is 1. The van der Waals surface area contributed by atoms with E-state index in [1.54, 1.807) is 116 Å². The van der Waals surface area contributed by atoms with E-state index in [9.17, 15) is 63.0 Å². The van der Waals surface area contributed by atoms with Crippen LogP contribution in [0.5, 0.6) is 0 Å². The summed E-state index contributed by atoms with van der Waals surface area (Å²) in [5.41, 5.74) is 19.1. The number of hydrogen-bond acceptors (Lipinski definition) is 15. The van der Waals surface area contributed by atoms with Gasteiger partial charge in [-0.25, -0.2) is 9.78 Å². The number of nitrogens with one attached hydrogen (secondary N) is 10. The fourth-order valence-corrected chi connectivity index (χ4v) is 8.92. The summed E-state index contributed by atoms with van der Waals surface area (Å²) in [5.74, 6) is -12.1. The normalized spacial score (nSPS) is 15.5. The zero-order chi connectivity index (χ0) is 64.4. The van der Waals surface area contributed by atoms with Crippen LogP contribution in [0.25, 0.3) is 0 Å². The first-order valence-electron chi connectivity index (χ1n) is 29.0. The second kappa shape index (κ2) is 35.9. The molecule has 18 N–H and O–H groups in total. The van der Waals surface area contributed by atoms with E-state index < -0.39 is 156 Å². The number of aliphatic carboxylic acids is 1. The van der Waals surface area contributed by atoms with E-state index in [2.05, 4.69) is 57.8 Å². The molecule has 0 aliphatic heterocycles. The van der Waals surface area contributed by atoms with Gasteiger partial charge in [-0.15, -0.1) is 0 Å². The molecule has 1 heterocycles. The average Bonchev–Trinajstić information content (AvgIpc) is 3.57. The molecule has 0 saturated carbocycles. The van der Waals surface area contributed by atoms with Gasteiger partial charge in [0, 0.05) is 31.2 Å². The van der Waals surface area contributed by atoms with Crippen molar-refractivity contribution in [3.05, 3.63) is 90.0 Å². The van der Waals surface area contributed by atoms with Crippen molar-refractivity contribution < 1.29 is 63.0 Å². The van der Waals surface area contributed by atoms with Gasteiger partial charge in [0.05, 0.1) is 24.9 Å². The van der Waals surface area contributed by atoms with Crippen molar-refractivity contribution in [1.29, 1.82) is 0 Å². The van der Waals surface area contributed by atoms with E-state index in [0.717, 1.165) is 0 Å². The molecule has 3 rings (SSSR count). The number of aliphatic hydroxyl groups is 1. The Balaban J connectivity index is 2.01. The molecule has 0 fully saturated rings. The van der Waals surface area contributed by atoms with Crippen molar-refractivity contribution in [1.82, 2.24) is 57.8 Å². The van der Waals surface area contributed by atoms with E-state index in [0.29, 0.717) is 29.7 Å². The topological polar surface area (TPSA) is 443 Å². The molecule has 1 aromatic heterocycles. The summed E-state index contributed by atoms with van der Waals surface area (Å²) in [6, 6.07) is 3.35. The zero-order valence-corrected chi connectivity index (χ0v) is 50.5. The Kier molecular flexibility index (Phi) is 30.0. The second-order valence-electron chi connectivity index (χ2n) is 22.6. The second-order valence-corrected chi connectivity index (χ2v) is 22.6. The van der Waals surface area contributed by atoms with E-state index in [1.165, 1.54) is 19.4 Å². The summed E-state index contributed by atoms with van der Waals surface area (Å²) < 4.78 is 0. The number of aromatic nitrogens is 2. The standard InChI is InChI=1S/C59H90N14O13/c1-10-34(8)48(58(84)71-47(33(6)7)57(83)73-49(35(9)74)59(85)86)72-54(80)43(28-44(61)75)68-50(76)39(23-17-18-24-60)65-51(77)40(25-36-19-13-11-14-20-36)66-52(78)41(26-37-21-15-12-16-22-37)67-53(79)42(27-38-29-63-30-64-38)69-56(82)46(32(4)5)70-55(81)45(62)31(2)3/h11-16,19-22,29-35,39-43,45-49,74H,10,17-18,23-28,60,62H2,1-9H3,(H2,61,75)(H,63,64)(H,65,77)(H,66,78)(H,67,79)(H,68,76)(H,69,82)(H,70,81)(H,71,84)(H,72,80)(H,73,83)(H,85,86)/t34-,35+,39-,40-,41-,42-,43-,45-,46-,47-,48-,49-/m0/s1. The van der Waals surface area contributed by atoms with Crippen LogP contribution in [0.3, 0.4) is 0 Å². The predicted octanol–water partition coefficient (Wildman–Crippen LogP) is -1.39. The number of carboxylic acid groups (broad SMARTS) is 1. The van der Waals surface area contributed by atoms with Crippen molar-refractivity contribution in [2.45, 2.75) is 180 Å². The number of amides is 10. The Bertz CT molecular complexity index is 2710. The third-order valence-electron chi connectivity index (χ3n) is 14.4. The molecule has 0 saturated heterocycles. The Morgan fingerprint density at radius 3 is 1.35 bits per heavy atom. The van der Waals surface area contributed by atoms with Crippen LogP contribution < -0.4 is 65.1 Å². The molecular formula is C59H90N14O13. The first-order chi connectivity index (χ1) is 40.6. The molecule has 27 heteroatoms. The maximum Gasteiger partial charge on any atom is 0.328 e. The van der Waals surface area contributed by atoms with Gasteiger partial charge in [-0.1, -0.05) is 122 Å². The molecule has 86 heavy (non-hydrogen) atoms. The minimum atomic E-state index is -1.73. The lowest BCUT2D eigenvalue weighted by Gasteiger charge is -2.30. The number of primary amides is 1. The lowest BCUT2D eigenvalue weighted by Crippen LogP contribution is -2.62. The number of aromatic amines is 1. The van der Waals surface area contributed by atoms with Crippen LogP contribution in [-0.4, -0.2) is 158 Å². The molecule has 0 aliphatic rings. The average molecular weight is 1200 g/mol. The Morgan fingerprint density at radius 2 is 0.919 bits per heavy atom. The highest BCUT2D eigenvalue weighted by Crippen LogP contribution is 2.15. The number of aliphatic hydroxyl groups excluding tert-OH is 1. The molecule has 10 amide bonds. The number of hydrogen-bond donors (Lipinski definition) is 15. The predicted molar refractivity (Wildman–Crippen MR) is 318 cm³/mol. The monoisotopic (exact) mass is 1200 g/mol. The van der Waals surface area contributed by atoms with Gasteiger partial charge in [-0.2, -0.15) is 0 Å². The highest BCUT2D eigenvalue weighted by molar-refractivity contribution is 5.99. The Labute approximate surface area is 501 Å². The fraction of sp³-hybridized carbons (Fsp3) is 0.559. The van der Waals surface area contributed by atoms with Gasteiger partial charge in [-0.05, 0) is 67.5 Å². The number of benzene rings is 2. The van der Waals surface area contributed by atoms with Crippen LogP contribution in [0, 0.1) is 23.7 Å². The number of carbonyl (C=O) groups is 11. The Hall–Kier alpha value is -8.30. The highest BCUT2D eigenvalue weighted by atomic mass is 16.4. The van der Waals surface area contributed by atoms with Crippen molar-refractivity contribution in [2.75, 3.05) is 6.54 Å².